The average Bonchev–Trinajstić information content (AvgIpc) is 3.28. The summed E-state index contributed by atoms with van der Waals surface area (Å²) in [4.78, 5) is 16.7. The van der Waals surface area contributed by atoms with Crippen molar-refractivity contribution >= 4 is 28.4 Å². The number of nitrogens with zero attached hydrogens (tertiary/aromatic N) is 3. The Morgan fingerprint density at radius 2 is 2.06 bits per heavy atom. The van der Waals surface area contributed by atoms with Gasteiger partial charge in [-0.15, -0.1) is 0 Å². The SMILES string of the molecule is Cc1cc(-n2cc(F)cn2)c2cccc(OCc3c(Cl)cc(F)cc3[C@H](C)NC(=O)[C@H](O)CN)c2n1. The highest BCUT2D eigenvalue weighted by Crippen LogP contribution is 2.32. The number of ether oxygens (including phenoxy) is 1. The Kier molecular flexibility index (Phi) is 7.48. The van der Waals surface area contributed by atoms with Crippen LogP contribution in [0.4, 0.5) is 8.78 Å². The third-order valence-electron chi connectivity index (χ3n) is 5.62. The summed E-state index contributed by atoms with van der Waals surface area (Å²) >= 11 is 6.36. The molecule has 0 unspecified atom stereocenters. The number of benzene rings is 2. The van der Waals surface area contributed by atoms with Crippen molar-refractivity contribution in [2.45, 2.75) is 32.6 Å². The summed E-state index contributed by atoms with van der Waals surface area (Å²) < 4.78 is 35.3. The molecular weight excluding hydrogens is 492 g/mol. The number of aryl methyl sites for hydroxylation is 1. The second-order valence-corrected chi connectivity index (χ2v) is 8.67. The molecule has 4 rings (SSSR count). The maximum Gasteiger partial charge on any atom is 0.250 e. The third kappa shape index (κ3) is 5.30. The number of carbonyl (C=O) groups excluding carboxylic acids is 1. The number of aliphatic hydroxyl groups excluding tert-OH is 1. The predicted molar refractivity (Wildman–Crippen MR) is 131 cm³/mol. The minimum Gasteiger partial charge on any atom is -0.487 e. The first-order chi connectivity index (χ1) is 17.2. The number of pyridine rings is 1. The summed E-state index contributed by atoms with van der Waals surface area (Å²) in [5.41, 5.74) is 7.99. The second kappa shape index (κ2) is 10.6. The van der Waals surface area contributed by atoms with Gasteiger partial charge >= 0.3 is 0 Å². The van der Waals surface area contributed by atoms with E-state index in [9.17, 15) is 18.7 Å². The molecule has 11 heteroatoms. The molecule has 0 radical (unpaired) electrons. The van der Waals surface area contributed by atoms with Gasteiger partial charge in [0, 0.05) is 23.2 Å². The first-order valence-electron chi connectivity index (χ1n) is 11.1. The maximum absolute atomic E-state index is 14.2. The van der Waals surface area contributed by atoms with Gasteiger partial charge in [0.1, 0.15) is 29.8 Å². The van der Waals surface area contributed by atoms with Crippen molar-refractivity contribution in [1.29, 1.82) is 0 Å². The molecule has 0 aliphatic carbocycles. The van der Waals surface area contributed by atoms with Gasteiger partial charge in [-0.05, 0) is 43.7 Å². The van der Waals surface area contributed by atoms with Crippen LogP contribution in [0, 0.1) is 18.6 Å². The number of aromatic nitrogens is 3. The lowest BCUT2D eigenvalue weighted by Gasteiger charge is -2.21. The van der Waals surface area contributed by atoms with Crippen molar-refractivity contribution in [3.63, 3.8) is 0 Å². The normalized spacial score (nSPS) is 13.0. The molecule has 1 amide bonds. The van der Waals surface area contributed by atoms with Gasteiger partial charge in [-0.3, -0.25) is 4.79 Å². The summed E-state index contributed by atoms with van der Waals surface area (Å²) in [7, 11) is 0. The van der Waals surface area contributed by atoms with Crippen molar-refractivity contribution in [3.05, 3.63) is 82.3 Å². The van der Waals surface area contributed by atoms with Crippen molar-refractivity contribution in [1.82, 2.24) is 20.1 Å². The molecule has 8 nitrogen and oxygen atoms in total. The number of fused-ring (bicyclic) bond motifs is 1. The summed E-state index contributed by atoms with van der Waals surface area (Å²) in [6, 6.07) is 8.81. The maximum atomic E-state index is 14.2. The largest absolute Gasteiger partial charge is 0.487 e. The van der Waals surface area contributed by atoms with E-state index in [0.29, 0.717) is 39.2 Å². The number of hydrogen-bond acceptors (Lipinski definition) is 6. The molecule has 4 aromatic rings. The van der Waals surface area contributed by atoms with E-state index in [0.717, 1.165) is 12.3 Å². The van der Waals surface area contributed by atoms with Crippen LogP contribution in [0.25, 0.3) is 16.6 Å². The molecule has 0 aliphatic heterocycles. The van der Waals surface area contributed by atoms with Crippen LogP contribution in [0.15, 0.2) is 48.8 Å². The van der Waals surface area contributed by atoms with E-state index in [4.69, 9.17) is 22.1 Å². The molecule has 0 bridgehead atoms. The monoisotopic (exact) mass is 515 g/mol. The number of nitrogens with two attached hydrogens (primary N) is 1. The Labute approximate surface area is 210 Å². The molecule has 0 spiro atoms. The van der Waals surface area contributed by atoms with E-state index in [2.05, 4.69) is 15.4 Å². The Morgan fingerprint density at radius 3 is 2.75 bits per heavy atom. The number of para-hydroxylation sites is 1. The Balaban J connectivity index is 1.68. The zero-order valence-corrected chi connectivity index (χ0v) is 20.3. The number of rotatable bonds is 8. The molecule has 2 aromatic heterocycles. The van der Waals surface area contributed by atoms with Crippen molar-refractivity contribution in [3.8, 4) is 11.4 Å². The number of amides is 1. The van der Waals surface area contributed by atoms with E-state index in [1.807, 2.05) is 6.07 Å². The van der Waals surface area contributed by atoms with Crippen LogP contribution in [0.2, 0.25) is 5.02 Å². The zero-order valence-electron chi connectivity index (χ0n) is 19.5. The van der Waals surface area contributed by atoms with Gasteiger partial charge in [0.25, 0.3) is 5.91 Å². The topological polar surface area (TPSA) is 115 Å². The highest BCUT2D eigenvalue weighted by molar-refractivity contribution is 6.31. The summed E-state index contributed by atoms with van der Waals surface area (Å²) in [5.74, 6) is -1.32. The van der Waals surface area contributed by atoms with Gasteiger partial charge in [-0.25, -0.2) is 18.4 Å². The Hall–Kier alpha value is -3.60. The summed E-state index contributed by atoms with van der Waals surface area (Å²) in [5, 5.41) is 17.1. The molecule has 2 aromatic carbocycles. The molecule has 0 fully saturated rings. The van der Waals surface area contributed by atoms with Gasteiger partial charge in [0.15, 0.2) is 5.82 Å². The van der Waals surface area contributed by atoms with Gasteiger partial charge in [0.2, 0.25) is 0 Å². The number of aliphatic hydroxyl groups is 1. The summed E-state index contributed by atoms with van der Waals surface area (Å²) in [6.45, 7) is 3.12. The van der Waals surface area contributed by atoms with Gasteiger partial charge < -0.3 is 20.9 Å². The minimum absolute atomic E-state index is 0.0609. The molecule has 2 atom stereocenters. The first kappa shape index (κ1) is 25.5. The van der Waals surface area contributed by atoms with Crippen LogP contribution in [0.5, 0.6) is 5.75 Å². The zero-order chi connectivity index (χ0) is 26.0. The standard InChI is InChI=1S/C25H24ClF2N5O3/c1-13-6-21(33-11-16(28)10-30-33)17-4-3-5-23(24(17)31-13)36-12-19-18(7-15(27)8-20(19)26)14(2)32-25(35)22(34)9-29/h3-8,10-11,14,22,34H,9,12,29H2,1-2H3,(H,32,35)/t14-,22+/m0/s1. The lowest BCUT2D eigenvalue weighted by molar-refractivity contribution is -0.129. The van der Waals surface area contributed by atoms with Gasteiger partial charge in [0.05, 0.1) is 29.1 Å². The van der Waals surface area contributed by atoms with Crippen molar-refractivity contribution in [2.75, 3.05) is 6.54 Å². The molecule has 36 heavy (non-hydrogen) atoms. The molecule has 0 aliphatic rings. The van der Waals surface area contributed by atoms with E-state index < -0.39 is 29.7 Å². The van der Waals surface area contributed by atoms with Crippen molar-refractivity contribution in [2.24, 2.45) is 5.73 Å². The third-order valence-corrected chi connectivity index (χ3v) is 5.96. The van der Waals surface area contributed by atoms with E-state index in [-0.39, 0.29) is 18.2 Å². The van der Waals surface area contributed by atoms with E-state index in [1.165, 1.54) is 16.9 Å². The fraction of sp³-hybridized carbons (Fsp3) is 0.240. The molecule has 2 heterocycles. The van der Waals surface area contributed by atoms with Crippen LogP contribution in [-0.4, -0.2) is 38.4 Å². The highest BCUT2D eigenvalue weighted by atomic mass is 35.5. The van der Waals surface area contributed by atoms with Crippen LogP contribution >= 0.6 is 11.6 Å². The lowest BCUT2D eigenvalue weighted by Crippen LogP contribution is -2.40. The number of halogens is 3. The minimum atomic E-state index is -1.39. The number of nitrogens with one attached hydrogen (secondary N) is 1. The Morgan fingerprint density at radius 1 is 1.28 bits per heavy atom. The second-order valence-electron chi connectivity index (χ2n) is 8.26. The van der Waals surface area contributed by atoms with Crippen LogP contribution in [0.1, 0.15) is 29.8 Å². The van der Waals surface area contributed by atoms with Gasteiger partial charge in [-0.2, -0.15) is 5.10 Å². The fourth-order valence-corrected chi connectivity index (χ4v) is 4.14. The lowest BCUT2D eigenvalue weighted by atomic mass is 10.0. The summed E-state index contributed by atoms with van der Waals surface area (Å²) in [6.07, 6.45) is 0.995. The molecule has 0 saturated carbocycles. The van der Waals surface area contributed by atoms with Crippen LogP contribution < -0.4 is 15.8 Å². The molecule has 4 N–H and O–H groups in total. The quantitative estimate of drug-likeness (QED) is 0.329. The number of carbonyl (C=O) groups is 1. The van der Waals surface area contributed by atoms with Crippen LogP contribution in [0.3, 0.4) is 0 Å². The molecular formula is C25H24ClF2N5O3. The van der Waals surface area contributed by atoms with Crippen LogP contribution in [-0.2, 0) is 11.4 Å². The average molecular weight is 516 g/mol. The Bertz CT molecular complexity index is 1430. The van der Waals surface area contributed by atoms with Crippen molar-refractivity contribution < 1.29 is 23.4 Å². The van der Waals surface area contributed by atoms with E-state index in [1.54, 1.807) is 32.0 Å². The smallest absolute Gasteiger partial charge is 0.250 e. The molecule has 0 saturated heterocycles. The predicted octanol–water partition coefficient (Wildman–Crippen LogP) is 3.74. The fourth-order valence-electron chi connectivity index (χ4n) is 3.87. The number of hydrogen-bond donors (Lipinski definition) is 3. The first-order valence-corrected chi connectivity index (χ1v) is 11.5. The van der Waals surface area contributed by atoms with E-state index >= 15 is 0 Å². The highest BCUT2D eigenvalue weighted by Gasteiger charge is 2.21. The van der Waals surface area contributed by atoms with Gasteiger partial charge in [-0.1, -0.05) is 23.7 Å². The molecule has 188 valence electrons.